The SMILES string of the molecule is CC(F)(CBr)COCCOCCOCCOCC(C)(F)CBr. The average molecular weight is 456 g/mol. The Hall–Kier alpha value is 0.660. The molecule has 0 radical (unpaired) electrons. The van der Waals surface area contributed by atoms with Crippen LogP contribution < -0.4 is 0 Å². The minimum atomic E-state index is -1.35. The van der Waals surface area contributed by atoms with E-state index in [0.29, 0.717) is 39.6 Å². The van der Waals surface area contributed by atoms with Crippen LogP contribution >= 0.6 is 31.9 Å². The van der Waals surface area contributed by atoms with Crippen molar-refractivity contribution in [2.75, 3.05) is 63.5 Å². The Morgan fingerprint density at radius 2 is 0.909 bits per heavy atom. The average Bonchev–Trinajstić information content (AvgIpc) is 2.48. The van der Waals surface area contributed by atoms with Crippen LogP contribution in [0.25, 0.3) is 0 Å². The molecule has 134 valence electrons. The lowest BCUT2D eigenvalue weighted by Crippen LogP contribution is -2.28. The van der Waals surface area contributed by atoms with Crippen molar-refractivity contribution in [3.63, 3.8) is 0 Å². The first kappa shape index (κ1) is 22.7. The molecular formula is C14H26Br2F2O4. The Morgan fingerprint density at radius 1 is 0.636 bits per heavy atom. The Bertz CT molecular complexity index is 243. The molecule has 0 aromatic rings. The first-order valence-electron chi connectivity index (χ1n) is 7.14. The minimum Gasteiger partial charge on any atom is -0.377 e. The molecule has 0 N–H and O–H groups in total. The summed E-state index contributed by atoms with van der Waals surface area (Å²) < 4.78 is 47.7. The normalized spacial score (nSPS) is 17.2. The Morgan fingerprint density at radius 3 is 1.18 bits per heavy atom. The van der Waals surface area contributed by atoms with Crippen LogP contribution in [0.3, 0.4) is 0 Å². The molecule has 8 heteroatoms. The molecule has 22 heavy (non-hydrogen) atoms. The number of alkyl halides is 4. The Kier molecular flexibility index (Phi) is 13.4. The molecule has 0 spiro atoms. The summed E-state index contributed by atoms with van der Waals surface area (Å²) in [5.74, 6) is 0. The molecule has 2 unspecified atom stereocenters. The zero-order valence-corrected chi connectivity index (χ0v) is 16.4. The fourth-order valence-corrected chi connectivity index (χ4v) is 1.53. The van der Waals surface area contributed by atoms with Gasteiger partial charge in [-0.2, -0.15) is 0 Å². The lowest BCUT2D eigenvalue weighted by atomic mass is 10.2. The van der Waals surface area contributed by atoms with Crippen LogP contribution in [-0.2, 0) is 18.9 Å². The maximum Gasteiger partial charge on any atom is 0.141 e. The van der Waals surface area contributed by atoms with E-state index in [9.17, 15) is 8.78 Å². The van der Waals surface area contributed by atoms with Crippen molar-refractivity contribution in [1.29, 1.82) is 0 Å². The molecule has 0 heterocycles. The van der Waals surface area contributed by atoms with Crippen molar-refractivity contribution < 1.29 is 27.7 Å². The topological polar surface area (TPSA) is 36.9 Å². The van der Waals surface area contributed by atoms with E-state index in [2.05, 4.69) is 31.9 Å². The third-order valence-corrected chi connectivity index (χ3v) is 4.82. The molecule has 0 aromatic heterocycles. The van der Waals surface area contributed by atoms with Gasteiger partial charge in [0.05, 0.1) is 52.9 Å². The molecule has 0 bridgehead atoms. The van der Waals surface area contributed by atoms with Gasteiger partial charge >= 0.3 is 0 Å². The van der Waals surface area contributed by atoms with Crippen LogP contribution in [0.5, 0.6) is 0 Å². The van der Waals surface area contributed by atoms with Gasteiger partial charge in [-0.25, -0.2) is 8.78 Å². The fourth-order valence-electron chi connectivity index (χ4n) is 1.20. The number of hydrogen-bond acceptors (Lipinski definition) is 4. The second kappa shape index (κ2) is 13.0. The van der Waals surface area contributed by atoms with Crippen LogP contribution in [0.1, 0.15) is 13.8 Å². The summed E-state index contributed by atoms with van der Waals surface area (Å²) in [6.45, 7) is 5.36. The van der Waals surface area contributed by atoms with Crippen LogP contribution in [0.15, 0.2) is 0 Å². The van der Waals surface area contributed by atoms with Gasteiger partial charge in [0.25, 0.3) is 0 Å². The largest absolute Gasteiger partial charge is 0.377 e. The molecule has 0 aliphatic rings. The van der Waals surface area contributed by atoms with E-state index in [-0.39, 0.29) is 23.9 Å². The van der Waals surface area contributed by atoms with Crippen molar-refractivity contribution in [1.82, 2.24) is 0 Å². The monoisotopic (exact) mass is 454 g/mol. The van der Waals surface area contributed by atoms with E-state index in [1.807, 2.05) is 0 Å². The van der Waals surface area contributed by atoms with Gasteiger partial charge < -0.3 is 18.9 Å². The van der Waals surface area contributed by atoms with Gasteiger partial charge in [-0.05, 0) is 13.8 Å². The van der Waals surface area contributed by atoms with Gasteiger partial charge in [0, 0.05) is 10.7 Å². The van der Waals surface area contributed by atoms with Gasteiger partial charge in [-0.15, -0.1) is 0 Å². The maximum absolute atomic E-state index is 13.4. The highest BCUT2D eigenvalue weighted by Gasteiger charge is 2.21. The molecule has 0 saturated heterocycles. The summed E-state index contributed by atoms with van der Waals surface area (Å²) in [5, 5.41) is 0.488. The first-order valence-corrected chi connectivity index (χ1v) is 9.38. The first-order chi connectivity index (χ1) is 10.3. The number of ether oxygens (including phenoxy) is 4. The van der Waals surface area contributed by atoms with Gasteiger partial charge in [0.1, 0.15) is 11.3 Å². The van der Waals surface area contributed by atoms with Gasteiger partial charge in [0.2, 0.25) is 0 Å². The summed E-state index contributed by atoms with van der Waals surface area (Å²) in [5.41, 5.74) is -2.71. The van der Waals surface area contributed by atoms with Crippen molar-refractivity contribution in [2.24, 2.45) is 0 Å². The third kappa shape index (κ3) is 14.3. The quantitative estimate of drug-likeness (QED) is 0.280. The maximum atomic E-state index is 13.4. The summed E-state index contributed by atoms with van der Waals surface area (Å²) in [6, 6.07) is 0. The summed E-state index contributed by atoms with van der Waals surface area (Å²) >= 11 is 6.16. The highest BCUT2D eigenvalue weighted by Crippen LogP contribution is 2.14. The molecular weight excluding hydrogens is 430 g/mol. The molecule has 0 fully saturated rings. The predicted molar refractivity (Wildman–Crippen MR) is 89.9 cm³/mol. The molecule has 0 saturated carbocycles. The van der Waals surface area contributed by atoms with Gasteiger partial charge in [-0.1, -0.05) is 31.9 Å². The van der Waals surface area contributed by atoms with Crippen LogP contribution in [0.2, 0.25) is 0 Å². The van der Waals surface area contributed by atoms with Gasteiger partial charge in [0.15, 0.2) is 0 Å². The minimum absolute atomic E-state index is 0.0390. The van der Waals surface area contributed by atoms with Crippen LogP contribution in [0.4, 0.5) is 8.78 Å². The van der Waals surface area contributed by atoms with Gasteiger partial charge in [-0.3, -0.25) is 0 Å². The lowest BCUT2D eigenvalue weighted by molar-refractivity contribution is -0.0250. The summed E-state index contributed by atoms with van der Waals surface area (Å²) in [6.07, 6.45) is 0. The smallest absolute Gasteiger partial charge is 0.141 e. The molecule has 0 aliphatic carbocycles. The Balaban J connectivity index is 3.21. The van der Waals surface area contributed by atoms with Crippen molar-refractivity contribution in [3.8, 4) is 0 Å². The van der Waals surface area contributed by atoms with E-state index in [0.717, 1.165) is 0 Å². The highest BCUT2D eigenvalue weighted by atomic mass is 79.9. The van der Waals surface area contributed by atoms with Crippen molar-refractivity contribution in [3.05, 3.63) is 0 Å². The van der Waals surface area contributed by atoms with E-state index < -0.39 is 11.3 Å². The molecule has 0 aliphatic heterocycles. The van der Waals surface area contributed by atoms with Crippen LogP contribution in [0, 0.1) is 0 Å². The molecule has 0 amide bonds. The second-order valence-electron chi connectivity index (χ2n) is 5.42. The second-order valence-corrected chi connectivity index (χ2v) is 6.55. The molecule has 2 atom stereocenters. The molecule has 0 aromatic carbocycles. The van der Waals surface area contributed by atoms with E-state index in [4.69, 9.17) is 18.9 Å². The lowest BCUT2D eigenvalue weighted by Gasteiger charge is -2.17. The number of halogens is 4. The highest BCUT2D eigenvalue weighted by molar-refractivity contribution is 9.09. The van der Waals surface area contributed by atoms with Crippen molar-refractivity contribution >= 4 is 31.9 Å². The van der Waals surface area contributed by atoms with Crippen molar-refractivity contribution in [2.45, 2.75) is 25.2 Å². The fraction of sp³-hybridized carbons (Fsp3) is 1.00. The summed E-state index contributed by atoms with van der Waals surface area (Å²) in [7, 11) is 0. The molecule has 0 rings (SSSR count). The third-order valence-electron chi connectivity index (χ3n) is 2.48. The van der Waals surface area contributed by atoms with E-state index in [1.54, 1.807) is 0 Å². The summed E-state index contributed by atoms with van der Waals surface area (Å²) in [4.78, 5) is 0. The predicted octanol–water partition coefficient (Wildman–Crippen LogP) is 3.30. The van der Waals surface area contributed by atoms with Crippen LogP contribution in [-0.4, -0.2) is 74.9 Å². The Labute approximate surface area is 148 Å². The van der Waals surface area contributed by atoms with E-state index >= 15 is 0 Å². The number of hydrogen-bond donors (Lipinski definition) is 0. The zero-order chi connectivity index (χ0) is 16.9. The standard InChI is InChI=1S/C14H26Br2F2O4/c1-13(17,9-15)11-21-7-5-19-3-4-20-6-8-22-12-14(2,18)10-16/h3-12H2,1-2H3. The zero-order valence-electron chi connectivity index (χ0n) is 13.2. The van der Waals surface area contributed by atoms with E-state index in [1.165, 1.54) is 13.8 Å². The molecule has 4 nitrogen and oxygen atoms in total. The number of rotatable bonds is 15.